The van der Waals surface area contributed by atoms with Gasteiger partial charge in [-0.2, -0.15) is 0 Å². The predicted molar refractivity (Wildman–Crippen MR) is 270 cm³/mol. The highest BCUT2D eigenvalue weighted by Crippen LogP contribution is 2.47. The number of benzene rings is 10. The molecule has 1 unspecified atom stereocenters. The Morgan fingerprint density at radius 1 is 0.266 bits per heavy atom. The molecule has 1 atom stereocenters. The summed E-state index contributed by atoms with van der Waals surface area (Å²) in [6.45, 7) is 0. The highest BCUT2D eigenvalue weighted by molar-refractivity contribution is 5.91. The van der Waals surface area contributed by atoms with Gasteiger partial charge in [-0.15, -0.1) is 0 Å². The topological polar surface area (TPSA) is 3.24 Å². The van der Waals surface area contributed by atoms with E-state index >= 15 is 0 Å². The van der Waals surface area contributed by atoms with Crippen LogP contribution < -0.4 is 4.90 Å². The van der Waals surface area contributed by atoms with Crippen LogP contribution in [0.2, 0.25) is 0 Å². The second-order valence-corrected chi connectivity index (χ2v) is 16.8. The first-order chi connectivity index (χ1) is 31.7. The van der Waals surface area contributed by atoms with Crippen LogP contribution in [0.15, 0.2) is 255 Å². The summed E-state index contributed by atoms with van der Waals surface area (Å²) in [5.74, 6) is 0.232. The quantitative estimate of drug-likeness (QED) is 0.140. The molecule has 1 heteroatoms. The SMILES string of the molecule is c1ccc(-c2ccc(-c3cc(N(c4ccc(-c5ccccc5)cc4)c4ccc(-c5ccccc5)cc4)ccc3-c3ccccc3C3CCc4ccccc4-c4ccccc43)cc2)cc1. The summed E-state index contributed by atoms with van der Waals surface area (Å²) < 4.78 is 0. The van der Waals surface area contributed by atoms with Crippen molar-refractivity contribution in [2.75, 3.05) is 4.90 Å². The van der Waals surface area contributed by atoms with E-state index in [-0.39, 0.29) is 5.92 Å². The zero-order valence-corrected chi connectivity index (χ0v) is 35.7. The first-order valence-electron chi connectivity index (χ1n) is 22.4. The maximum atomic E-state index is 2.41. The molecule has 0 aliphatic heterocycles. The van der Waals surface area contributed by atoms with Crippen LogP contribution in [0.4, 0.5) is 17.1 Å². The number of anilines is 3. The van der Waals surface area contributed by atoms with Crippen molar-refractivity contribution in [1.29, 1.82) is 0 Å². The van der Waals surface area contributed by atoms with Gasteiger partial charge in [0.15, 0.2) is 0 Å². The van der Waals surface area contributed by atoms with Gasteiger partial charge < -0.3 is 4.90 Å². The van der Waals surface area contributed by atoms with Crippen LogP contribution in [-0.4, -0.2) is 0 Å². The van der Waals surface area contributed by atoms with E-state index in [2.05, 4.69) is 260 Å². The van der Waals surface area contributed by atoms with Crippen molar-refractivity contribution in [1.82, 2.24) is 0 Å². The molecule has 1 aliphatic carbocycles. The largest absolute Gasteiger partial charge is 0.310 e. The molecule has 0 heterocycles. The van der Waals surface area contributed by atoms with Crippen LogP contribution in [0.5, 0.6) is 0 Å². The molecule has 10 aromatic carbocycles. The fraction of sp³-hybridized carbons (Fsp3) is 0.0476. The minimum atomic E-state index is 0.232. The molecule has 0 bridgehead atoms. The van der Waals surface area contributed by atoms with Crippen LogP contribution in [-0.2, 0) is 6.42 Å². The van der Waals surface area contributed by atoms with Crippen molar-refractivity contribution < 1.29 is 0 Å². The third-order valence-corrected chi connectivity index (χ3v) is 13.0. The summed E-state index contributed by atoms with van der Waals surface area (Å²) in [6.07, 6.45) is 2.06. The van der Waals surface area contributed by atoms with Crippen LogP contribution in [0.25, 0.3) is 66.8 Å². The molecular weight excluding hydrogens is 771 g/mol. The Morgan fingerprint density at radius 2 is 0.641 bits per heavy atom. The zero-order valence-electron chi connectivity index (χ0n) is 35.7. The Bertz CT molecular complexity index is 3090. The van der Waals surface area contributed by atoms with Crippen molar-refractivity contribution in [2.24, 2.45) is 0 Å². The Balaban J connectivity index is 1.08. The van der Waals surface area contributed by atoms with Crippen molar-refractivity contribution >= 4 is 17.1 Å². The lowest BCUT2D eigenvalue weighted by Gasteiger charge is -2.28. The molecule has 0 saturated heterocycles. The van der Waals surface area contributed by atoms with Gasteiger partial charge in [-0.25, -0.2) is 0 Å². The molecule has 11 rings (SSSR count). The molecular formula is C63H47N. The van der Waals surface area contributed by atoms with E-state index in [4.69, 9.17) is 0 Å². The zero-order chi connectivity index (χ0) is 42.7. The maximum absolute atomic E-state index is 2.41. The maximum Gasteiger partial charge on any atom is 0.0468 e. The minimum Gasteiger partial charge on any atom is -0.310 e. The fourth-order valence-corrected chi connectivity index (χ4v) is 9.80. The molecule has 0 aromatic heterocycles. The van der Waals surface area contributed by atoms with Crippen LogP contribution >= 0.6 is 0 Å². The van der Waals surface area contributed by atoms with Gasteiger partial charge >= 0.3 is 0 Å². The standard InChI is InChI=1S/C63H47N/c1-4-16-45(17-5-1)48-28-30-52(31-29-48)63-44-55(41-43-62(63)60-27-15-14-26-59(60)61-42-36-51-22-10-11-23-56(51)57-24-12-13-25-58(57)61)64(53-37-32-49(33-38-53)46-18-6-2-7-19-46)54-39-34-50(35-40-54)47-20-8-3-9-21-47/h1-35,37-41,43-44,61H,36,42H2. The second-order valence-electron chi connectivity index (χ2n) is 16.8. The van der Waals surface area contributed by atoms with Crippen molar-refractivity contribution in [3.63, 3.8) is 0 Å². The molecule has 0 radical (unpaired) electrons. The second kappa shape index (κ2) is 17.4. The van der Waals surface area contributed by atoms with Gasteiger partial charge in [0.1, 0.15) is 0 Å². The summed E-state index contributed by atoms with van der Waals surface area (Å²) in [5, 5.41) is 0. The van der Waals surface area contributed by atoms with Crippen molar-refractivity contribution in [3.8, 4) is 66.8 Å². The third kappa shape index (κ3) is 7.63. The monoisotopic (exact) mass is 817 g/mol. The number of rotatable bonds is 9. The number of hydrogen-bond donors (Lipinski definition) is 0. The number of nitrogens with zero attached hydrogens (tertiary/aromatic N) is 1. The van der Waals surface area contributed by atoms with E-state index in [1.165, 1.54) is 83.5 Å². The Labute approximate surface area is 377 Å². The summed E-state index contributed by atoms with van der Waals surface area (Å²) >= 11 is 0. The lowest BCUT2D eigenvalue weighted by Crippen LogP contribution is -2.10. The lowest BCUT2D eigenvalue weighted by molar-refractivity contribution is 0.727. The molecule has 0 saturated carbocycles. The van der Waals surface area contributed by atoms with Gasteiger partial charge in [-0.05, 0) is 133 Å². The van der Waals surface area contributed by atoms with Gasteiger partial charge in [0.2, 0.25) is 0 Å². The molecule has 10 aromatic rings. The van der Waals surface area contributed by atoms with E-state index < -0.39 is 0 Å². The average molecular weight is 818 g/mol. The van der Waals surface area contributed by atoms with Crippen molar-refractivity contribution in [2.45, 2.75) is 18.8 Å². The molecule has 0 amide bonds. The highest BCUT2D eigenvalue weighted by Gasteiger charge is 2.26. The third-order valence-electron chi connectivity index (χ3n) is 13.0. The highest BCUT2D eigenvalue weighted by atomic mass is 15.1. The van der Waals surface area contributed by atoms with E-state index in [1.54, 1.807) is 0 Å². The van der Waals surface area contributed by atoms with Gasteiger partial charge in [-0.3, -0.25) is 0 Å². The van der Waals surface area contributed by atoms with E-state index in [0.717, 1.165) is 29.9 Å². The van der Waals surface area contributed by atoms with Gasteiger partial charge in [0.25, 0.3) is 0 Å². The summed E-state index contributed by atoms with van der Waals surface area (Å²) in [4.78, 5) is 2.40. The normalized spacial score (nSPS) is 13.0. The molecule has 304 valence electrons. The Kier molecular flexibility index (Phi) is 10.6. The molecule has 0 spiro atoms. The van der Waals surface area contributed by atoms with Crippen LogP contribution in [0.3, 0.4) is 0 Å². The molecule has 64 heavy (non-hydrogen) atoms. The summed E-state index contributed by atoms with van der Waals surface area (Å²) in [5.41, 5.74) is 22.3. The fourth-order valence-electron chi connectivity index (χ4n) is 9.80. The van der Waals surface area contributed by atoms with Crippen LogP contribution in [0, 0.1) is 0 Å². The summed E-state index contributed by atoms with van der Waals surface area (Å²) in [6, 6.07) is 93.4. The molecule has 1 aliphatic rings. The number of hydrogen-bond acceptors (Lipinski definition) is 1. The first kappa shape index (κ1) is 38.9. The van der Waals surface area contributed by atoms with E-state index in [9.17, 15) is 0 Å². The van der Waals surface area contributed by atoms with Crippen LogP contribution in [0.1, 0.15) is 29.0 Å². The lowest BCUT2D eigenvalue weighted by atomic mass is 9.80. The number of fused-ring (bicyclic) bond motifs is 3. The molecule has 0 fully saturated rings. The summed E-state index contributed by atoms with van der Waals surface area (Å²) in [7, 11) is 0. The van der Waals surface area contributed by atoms with Gasteiger partial charge in [0.05, 0.1) is 0 Å². The average Bonchev–Trinajstić information content (AvgIpc) is 3.55. The predicted octanol–water partition coefficient (Wildman–Crippen LogP) is 17.2. The first-order valence-corrected chi connectivity index (χ1v) is 22.4. The van der Waals surface area contributed by atoms with Gasteiger partial charge in [0, 0.05) is 23.0 Å². The van der Waals surface area contributed by atoms with Crippen molar-refractivity contribution in [3.05, 3.63) is 271 Å². The molecule has 1 nitrogen and oxygen atoms in total. The van der Waals surface area contributed by atoms with E-state index in [0.29, 0.717) is 0 Å². The molecule has 0 N–H and O–H groups in total. The minimum absolute atomic E-state index is 0.232. The Hall–Kier alpha value is -8.00. The number of aryl methyl sites for hydroxylation is 1. The van der Waals surface area contributed by atoms with Gasteiger partial charge in [-0.1, -0.05) is 218 Å². The van der Waals surface area contributed by atoms with E-state index in [1.807, 2.05) is 0 Å². The Morgan fingerprint density at radius 3 is 1.16 bits per heavy atom. The smallest absolute Gasteiger partial charge is 0.0468 e.